The zero-order chi connectivity index (χ0) is 13.0. The molecule has 0 radical (unpaired) electrons. The highest BCUT2D eigenvalue weighted by Gasteiger charge is 2.22. The summed E-state index contributed by atoms with van der Waals surface area (Å²) in [6, 6.07) is 12.0. The molecule has 2 rings (SSSR count). The zero-order valence-electron chi connectivity index (χ0n) is 9.41. The molecule has 0 bridgehead atoms. The summed E-state index contributed by atoms with van der Waals surface area (Å²) in [6.07, 6.45) is 1.50. The van der Waals surface area contributed by atoms with Gasteiger partial charge in [-0.05, 0) is 17.7 Å². The lowest BCUT2D eigenvalue weighted by molar-refractivity contribution is 0.472. The molecule has 1 N–H and O–H groups in total. The molecule has 0 aliphatic heterocycles. The van der Waals surface area contributed by atoms with Gasteiger partial charge in [0.1, 0.15) is 17.0 Å². The van der Waals surface area contributed by atoms with Crippen molar-refractivity contribution in [3.8, 4) is 0 Å². The average Bonchev–Trinajstić information content (AvgIpc) is 2.91. The Morgan fingerprint density at radius 1 is 1.17 bits per heavy atom. The van der Waals surface area contributed by atoms with Gasteiger partial charge >= 0.3 is 0 Å². The molecule has 4 nitrogen and oxygen atoms in total. The molecule has 0 amide bonds. The van der Waals surface area contributed by atoms with Crippen LogP contribution in [0.15, 0.2) is 53.1 Å². The van der Waals surface area contributed by atoms with E-state index in [9.17, 15) is 8.42 Å². The van der Waals surface area contributed by atoms with Gasteiger partial charge in [-0.2, -0.15) is 4.72 Å². The van der Waals surface area contributed by atoms with Gasteiger partial charge in [-0.25, -0.2) is 8.42 Å². The van der Waals surface area contributed by atoms with Gasteiger partial charge in [0.25, 0.3) is 0 Å². The van der Waals surface area contributed by atoms with Gasteiger partial charge in [0, 0.05) is 0 Å². The van der Waals surface area contributed by atoms with Crippen LogP contribution in [0.25, 0.3) is 0 Å². The lowest BCUT2D eigenvalue weighted by Gasteiger charge is -2.16. The first-order valence-corrected chi connectivity index (χ1v) is 7.45. The Labute approximate surface area is 111 Å². The van der Waals surface area contributed by atoms with E-state index in [1.807, 2.05) is 30.3 Å². The van der Waals surface area contributed by atoms with Crippen LogP contribution in [0.5, 0.6) is 0 Å². The molecule has 1 aromatic heterocycles. The Hall–Kier alpha value is -1.30. The Bertz CT molecular complexity index is 581. The molecule has 0 saturated carbocycles. The maximum atomic E-state index is 11.6. The molecule has 0 saturated heterocycles. The second kappa shape index (κ2) is 5.56. The summed E-state index contributed by atoms with van der Waals surface area (Å²) in [4.78, 5) is 0. The van der Waals surface area contributed by atoms with Gasteiger partial charge in [0.15, 0.2) is 0 Å². The van der Waals surface area contributed by atoms with Gasteiger partial charge in [-0.1, -0.05) is 30.3 Å². The lowest BCUT2D eigenvalue weighted by Crippen LogP contribution is -2.29. The summed E-state index contributed by atoms with van der Waals surface area (Å²) in [7, 11) is -3.54. The van der Waals surface area contributed by atoms with Crippen LogP contribution in [0, 0.1) is 0 Å². The highest BCUT2D eigenvalue weighted by molar-refractivity contribution is 7.90. The quantitative estimate of drug-likeness (QED) is 0.859. The summed E-state index contributed by atoms with van der Waals surface area (Å²) in [5.41, 5.74) is 0.793. The number of hydrogen-bond acceptors (Lipinski definition) is 3. The topological polar surface area (TPSA) is 59.3 Å². The third-order valence-corrected chi connectivity index (χ3v) is 4.15. The summed E-state index contributed by atoms with van der Waals surface area (Å²) < 4.78 is 31.0. The van der Waals surface area contributed by atoms with E-state index in [4.69, 9.17) is 16.0 Å². The van der Waals surface area contributed by atoms with Crippen LogP contribution in [0.3, 0.4) is 0 Å². The fourth-order valence-electron chi connectivity index (χ4n) is 1.60. The van der Waals surface area contributed by atoms with Crippen LogP contribution in [0.1, 0.15) is 17.4 Å². The van der Waals surface area contributed by atoms with E-state index in [2.05, 4.69) is 4.72 Å². The minimum atomic E-state index is -3.54. The Balaban J connectivity index is 2.36. The summed E-state index contributed by atoms with van der Waals surface area (Å²) in [5, 5.41) is -0.489. The lowest BCUT2D eigenvalue weighted by atomic mass is 10.1. The van der Waals surface area contributed by atoms with E-state index >= 15 is 0 Å². The molecule has 1 unspecified atom stereocenters. The first kappa shape index (κ1) is 13.1. The Kier molecular flexibility index (Phi) is 4.06. The summed E-state index contributed by atoms with van der Waals surface area (Å²) in [5.74, 6) is 0.523. The number of rotatable bonds is 5. The molecular formula is C12H12ClNO3S. The molecule has 1 atom stereocenters. The van der Waals surface area contributed by atoms with E-state index in [1.54, 1.807) is 12.1 Å². The molecular weight excluding hydrogens is 274 g/mol. The van der Waals surface area contributed by atoms with Crippen LogP contribution in [-0.2, 0) is 10.0 Å². The second-order valence-corrected chi connectivity index (χ2v) is 6.04. The van der Waals surface area contributed by atoms with Crippen molar-refractivity contribution in [2.45, 2.75) is 6.04 Å². The average molecular weight is 286 g/mol. The van der Waals surface area contributed by atoms with E-state index < -0.39 is 21.3 Å². The van der Waals surface area contributed by atoms with Crippen molar-refractivity contribution in [2.75, 3.05) is 5.21 Å². The van der Waals surface area contributed by atoms with Crippen molar-refractivity contribution in [1.82, 2.24) is 4.72 Å². The first-order valence-electron chi connectivity index (χ1n) is 5.27. The maximum absolute atomic E-state index is 11.6. The van der Waals surface area contributed by atoms with Gasteiger partial charge in [0.2, 0.25) is 10.0 Å². The predicted octanol–water partition coefficient (Wildman–Crippen LogP) is 2.48. The van der Waals surface area contributed by atoms with Crippen LogP contribution < -0.4 is 4.72 Å². The van der Waals surface area contributed by atoms with Crippen LogP contribution >= 0.6 is 11.6 Å². The van der Waals surface area contributed by atoms with Crippen molar-refractivity contribution in [3.63, 3.8) is 0 Å². The molecule has 0 aliphatic carbocycles. The summed E-state index contributed by atoms with van der Waals surface area (Å²) >= 11 is 5.41. The minimum absolute atomic E-state index is 0.489. The van der Waals surface area contributed by atoms with Crippen molar-refractivity contribution >= 4 is 21.6 Å². The van der Waals surface area contributed by atoms with Crippen molar-refractivity contribution in [3.05, 3.63) is 60.1 Å². The number of alkyl halides is 1. The smallest absolute Gasteiger partial charge is 0.226 e. The number of halogens is 1. The standard InChI is InChI=1S/C12H12ClNO3S/c13-9-18(15,16)14-12(11-7-4-8-17-11)10-5-2-1-3-6-10/h1-8,12,14H,9H2. The number of hydrogen-bond donors (Lipinski definition) is 1. The fourth-order valence-corrected chi connectivity index (χ4v) is 2.47. The molecule has 1 heterocycles. The zero-order valence-corrected chi connectivity index (χ0v) is 11.0. The molecule has 1 aromatic carbocycles. The number of nitrogens with one attached hydrogen (secondary N) is 1. The predicted molar refractivity (Wildman–Crippen MR) is 69.8 cm³/mol. The molecule has 18 heavy (non-hydrogen) atoms. The Morgan fingerprint density at radius 3 is 2.44 bits per heavy atom. The first-order chi connectivity index (χ1) is 8.62. The van der Waals surface area contributed by atoms with E-state index in [-0.39, 0.29) is 0 Å². The molecule has 96 valence electrons. The highest BCUT2D eigenvalue weighted by atomic mass is 35.5. The largest absolute Gasteiger partial charge is 0.467 e. The maximum Gasteiger partial charge on any atom is 0.226 e. The monoisotopic (exact) mass is 285 g/mol. The van der Waals surface area contributed by atoms with E-state index in [0.29, 0.717) is 5.76 Å². The third-order valence-electron chi connectivity index (χ3n) is 2.40. The molecule has 0 fully saturated rings. The van der Waals surface area contributed by atoms with Crippen molar-refractivity contribution in [2.24, 2.45) is 0 Å². The number of benzene rings is 1. The van der Waals surface area contributed by atoms with E-state index in [0.717, 1.165) is 5.56 Å². The van der Waals surface area contributed by atoms with Crippen LogP contribution in [-0.4, -0.2) is 13.6 Å². The normalized spacial score (nSPS) is 13.4. The fraction of sp³-hybridized carbons (Fsp3) is 0.167. The summed E-state index contributed by atoms with van der Waals surface area (Å²) in [6.45, 7) is 0. The second-order valence-electron chi connectivity index (χ2n) is 3.70. The van der Waals surface area contributed by atoms with Gasteiger partial charge < -0.3 is 4.42 Å². The van der Waals surface area contributed by atoms with E-state index in [1.165, 1.54) is 6.26 Å². The van der Waals surface area contributed by atoms with Gasteiger partial charge in [-0.15, -0.1) is 11.6 Å². The van der Waals surface area contributed by atoms with Crippen molar-refractivity contribution in [1.29, 1.82) is 0 Å². The van der Waals surface area contributed by atoms with Gasteiger partial charge in [-0.3, -0.25) is 0 Å². The molecule has 0 spiro atoms. The minimum Gasteiger partial charge on any atom is -0.467 e. The molecule has 0 aliphatic rings. The third kappa shape index (κ3) is 3.13. The highest BCUT2D eigenvalue weighted by Crippen LogP contribution is 2.23. The van der Waals surface area contributed by atoms with Crippen molar-refractivity contribution < 1.29 is 12.8 Å². The molecule has 6 heteroatoms. The van der Waals surface area contributed by atoms with Crippen LogP contribution in [0.4, 0.5) is 0 Å². The molecule has 2 aromatic rings. The number of furan rings is 1. The van der Waals surface area contributed by atoms with Gasteiger partial charge in [0.05, 0.1) is 6.26 Å². The van der Waals surface area contributed by atoms with Crippen LogP contribution in [0.2, 0.25) is 0 Å². The Morgan fingerprint density at radius 2 is 1.89 bits per heavy atom. The number of sulfonamides is 1. The SMILES string of the molecule is O=S(=O)(CCl)NC(c1ccccc1)c1ccco1.